The Morgan fingerprint density at radius 2 is 1.94 bits per heavy atom. The van der Waals surface area contributed by atoms with Gasteiger partial charge in [0.15, 0.2) is 0 Å². The minimum atomic E-state index is -0.676. The maximum absolute atomic E-state index is 11.5. The molecule has 1 N–H and O–H groups in total. The Balaban J connectivity index is 2.34. The van der Waals surface area contributed by atoms with Crippen molar-refractivity contribution in [1.29, 1.82) is 0 Å². The van der Waals surface area contributed by atoms with E-state index in [0.717, 1.165) is 13.1 Å². The van der Waals surface area contributed by atoms with Crippen molar-refractivity contribution in [1.82, 2.24) is 9.80 Å². The van der Waals surface area contributed by atoms with E-state index >= 15 is 0 Å². The van der Waals surface area contributed by atoms with Crippen LogP contribution < -0.4 is 0 Å². The zero-order valence-electron chi connectivity index (χ0n) is 10.1. The molecular formula is C12H20N2O2. The summed E-state index contributed by atoms with van der Waals surface area (Å²) in [5.74, 6) is 2.40. The first-order chi connectivity index (χ1) is 7.42. The first-order valence-corrected chi connectivity index (χ1v) is 5.58. The average Bonchev–Trinajstić information content (AvgIpc) is 2.16. The molecule has 4 heteroatoms. The Hall–Kier alpha value is -1.05. The van der Waals surface area contributed by atoms with Crippen molar-refractivity contribution in [3.8, 4) is 12.3 Å². The maximum Gasteiger partial charge on any atom is 0.234 e. The lowest BCUT2D eigenvalue weighted by Crippen LogP contribution is -2.51. The highest BCUT2D eigenvalue weighted by molar-refractivity contribution is 5.78. The fourth-order valence-corrected chi connectivity index (χ4v) is 1.90. The third-order valence-corrected chi connectivity index (χ3v) is 2.59. The van der Waals surface area contributed by atoms with Gasteiger partial charge in [-0.2, -0.15) is 0 Å². The number of rotatable bonds is 3. The largest absolute Gasteiger partial charge is 0.389 e. The van der Waals surface area contributed by atoms with E-state index in [0.29, 0.717) is 19.6 Å². The molecule has 0 aromatic heterocycles. The van der Waals surface area contributed by atoms with Crippen LogP contribution in [-0.2, 0) is 4.79 Å². The van der Waals surface area contributed by atoms with Gasteiger partial charge in [0.1, 0.15) is 0 Å². The van der Waals surface area contributed by atoms with Crippen molar-refractivity contribution in [3.05, 3.63) is 0 Å². The molecule has 1 fully saturated rings. The highest BCUT2D eigenvalue weighted by Crippen LogP contribution is 2.09. The molecule has 1 rings (SSSR count). The van der Waals surface area contributed by atoms with Crippen molar-refractivity contribution in [2.75, 3.05) is 32.7 Å². The third kappa shape index (κ3) is 4.21. The number of carbonyl (C=O) groups excluding carboxylic acids is 1. The van der Waals surface area contributed by atoms with Gasteiger partial charge in [-0.25, -0.2) is 0 Å². The van der Waals surface area contributed by atoms with Gasteiger partial charge in [0.05, 0.1) is 12.0 Å². The number of terminal acetylenes is 1. The summed E-state index contributed by atoms with van der Waals surface area (Å²) in [6.07, 6.45) is 5.29. The highest BCUT2D eigenvalue weighted by atomic mass is 16.3. The van der Waals surface area contributed by atoms with Crippen LogP contribution in [0.2, 0.25) is 0 Å². The lowest BCUT2D eigenvalue weighted by Gasteiger charge is -2.37. The Morgan fingerprint density at radius 3 is 2.38 bits per heavy atom. The smallest absolute Gasteiger partial charge is 0.234 e. The molecule has 0 saturated carbocycles. The summed E-state index contributed by atoms with van der Waals surface area (Å²) in [6.45, 7) is 7.25. The van der Waals surface area contributed by atoms with Gasteiger partial charge in [-0.3, -0.25) is 9.69 Å². The maximum atomic E-state index is 11.5. The Kier molecular flexibility index (Phi) is 4.34. The molecule has 1 amide bonds. The average molecular weight is 224 g/mol. The summed E-state index contributed by atoms with van der Waals surface area (Å²) in [6, 6.07) is 0. The van der Waals surface area contributed by atoms with Crippen LogP contribution >= 0.6 is 0 Å². The number of hydrogen-bond acceptors (Lipinski definition) is 3. The summed E-state index contributed by atoms with van der Waals surface area (Å²) in [7, 11) is 0. The highest BCUT2D eigenvalue weighted by Gasteiger charge is 2.24. The molecule has 0 bridgehead atoms. The van der Waals surface area contributed by atoms with Gasteiger partial charge in [0, 0.05) is 32.7 Å². The molecule has 0 aromatic carbocycles. The van der Waals surface area contributed by atoms with Crippen LogP contribution in [0.15, 0.2) is 0 Å². The predicted molar refractivity (Wildman–Crippen MR) is 62.8 cm³/mol. The zero-order chi connectivity index (χ0) is 12.2. The zero-order valence-corrected chi connectivity index (χ0v) is 10.1. The van der Waals surface area contributed by atoms with Crippen LogP contribution in [0.3, 0.4) is 0 Å². The number of hydrogen-bond donors (Lipinski definition) is 1. The second-order valence-electron chi connectivity index (χ2n) is 4.85. The van der Waals surface area contributed by atoms with Crippen LogP contribution in [0.4, 0.5) is 0 Å². The van der Waals surface area contributed by atoms with E-state index in [1.54, 1.807) is 18.7 Å². The SMILES string of the molecule is C#CCC(=O)N1CCN(CC(C)(C)O)CC1. The van der Waals surface area contributed by atoms with Gasteiger partial charge in [-0.1, -0.05) is 5.92 Å². The molecular weight excluding hydrogens is 204 g/mol. The third-order valence-electron chi connectivity index (χ3n) is 2.59. The van der Waals surface area contributed by atoms with Crippen LogP contribution in [-0.4, -0.2) is 59.1 Å². The number of piperazine rings is 1. The van der Waals surface area contributed by atoms with Gasteiger partial charge < -0.3 is 10.0 Å². The van der Waals surface area contributed by atoms with Crippen LogP contribution in [0.5, 0.6) is 0 Å². The molecule has 0 radical (unpaired) electrons. The minimum Gasteiger partial charge on any atom is -0.389 e. The summed E-state index contributed by atoms with van der Waals surface area (Å²) < 4.78 is 0. The number of β-amino-alcohol motifs (C(OH)–C–C–N with tert-alkyl or cyclic N) is 1. The van der Waals surface area contributed by atoms with Gasteiger partial charge >= 0.3 is 0 Å². The molecule has 0 atom stereocenters. The van der Waals surface area contributed by atoms with E-state index < -0.39 is 5.60 Å². The summed E-state index contributed by atoms with van der Waals surface area (Å²) in [5, 5.41) is 9.68. The Bertz CT molecular complexity index is 280. The minimum absolute atomic E-state index is 0.0328. The molecule has 0 aliphatic carbocycles. The number of carbonyl (C=O) groups is 1. The monoisotopic (exact) mass is 224 g/mol. The molecule has 1 aliphatic rings. The number of aliphatic hydroxyl groups is 1. The van der Waals surface area contributed by atoms with E-state index in [9.17, 15) is 9.90 Å². The second kappa shape index (κ2) is 5.33. The van der Waals surface area contributed by atoms with E-state index in [-0.39, 0.29) is 12.3 Å². The van der Waals surface area contributed by atoms with Gasteiger partial charge in [0.2, 0.25) is 5.91 Å². The summed E-state index contributed by atoms with van der Waals surface area (Å²) in [4.78, 5) is 15.5. The first kappa shape index (κ1) is 13.0. The number of nitrogens with zero attached hydrogens (tertiary/aromatic N) is 2. The lowest BCUT2D eigenvalue weighted by molar-refractivity contribution is -0.132. The molecule has 0 aromatic rings. The molecule has 1 aliphatic heterocycles. The molecule has 4 nitrogen and oxygen atoms in total. The quantitative estimate of drug-likeness (QED) is 0.682. The molecule has 90 valence electrons. The van der Waals surface area contributed by atoms with Crippen LogP contribution in [0.25, 0.3) is 0 Å². The van der Waals surface area contributed by atoms with Gasteiger partial charge in [-0.05, 0) is 13.8 Å². The molecule has 1 heterocycles. The Labute approximate surface area is 97.2 Å². The standard InChI is InChI=1S/C12H20N2O2/c1-4-5-11(15)14-8-6-13(7-9-14)10-12(2,3)16/h1,16H,5-10H2,2-3H3. The molecule has 16 heavy (non-hydrogen) atoms. The van der Waals surface area contributed by atoms with Crippen LogP contribution in [0, 0.1) is 12.3 Å². The summed E-state index contributed by atoms with van der Waals surface area (Å²) in [5.41, 5.74) is -0.676. The fourth-order valence-electron chi connectivity index (χ4n) is 1.90. The lowest BCUT2D eigenvalue weighted by atomic mass is 10.1. The van der Waals surface area contributed by atoms with Gasteiger partial charge in [0.25, 0.3) is 0 Å². The van der Waals surface area contributed by atoms with Crippen molar-refractivity contribution in [2.24, 2.45) is 0 Å². The molecule has 0 unspecified atom stereocenters. The van der Waals surface area contributed by atoms with E-state index in [2.05, 4.69) is 10.8 Å². The fraction of sp³-hybridized carbons (Fsp3) is 0.750. The topological polar surface area (TPSA) is 43.8 Å². The van der Waals surface area contributed by atoms with Crippen molar-refractivity contribution >= 4 is 5.91 Å². The molecule has 0 spiro atoms. The van der Waals surface area contributed by atoms with Crippen molar-refractivity contribution in [3.63, 3.8) is 0 Å². The summed E-state index contributed by atoms with van der Waals surface area (Å²) >= 11 is 0. The van der Waals surface area contributed by atoms with E-state index in [4.69, 9.17) is 6.42 Å². The molecule has 1 saturated heterocycles. The predicted octanol–water partition coefficient (Wildman–Crippen LogP) is -0.0752. The Morgan fingerprint density at radius 1 is 1.38 bits per heavy atom. The van der Waals surface area contributed by atoms with E-state index in [1.807, 2.05) is 0 Å². The first-order valence-electron chi connectivity index (χ1n) is 5.58. The second-order valence-corrected chi connectivity index (χ2v) is 4.85. The van der Waals surface area contributed by atoms with Crippen molar-refractivity contribution < 1.29 is 9.90 Å². The number of amides is 1. The van der Waals surface area contributed by atoms with Crippen molar-refractivity contribution in [2.45, 2.75) is 25.9 Å². The van der Waals surface area contributed by atoms with Gasteiger partial charge in [-0.15, -0.1) is 6.42 Å². The van der Waals surface area contributed by atoms with E-state index in [1.165, 1.54) is 0 Å². The van der Waals surface area contributed by atoms with Crippen LogP contribution in [0.1, 0.15) is 20.3 Å². The normalized spacial score (nSPS) is 18.2.